The van der Waals surface area contributed by atoms with Crippen LogP contribution in [0.3, 0.4) is 0 Å². The number of hydrogen-bond donors (Lipinski definition) is 1. The lowest BCUT2D eigenvalue weighted by Gasteiger charge is -2.36. The molecule has 2 amide bonds. The highest BCUT2D eigenvalue weighted by molar-refractivity contribution is 9.10. The molecule has 0 aliphatic carbocycles. The van der Waals surface area contributed by atoms with Gasteiger partial charge in [0.2, 0.25) is 0 Å². The summed E-state index contributed by atoms with van der Waals surface area (Å²) in [4.78, 5) is 20.0. The summed E-state index contributed by atoms with van der Waals surface area (Å²) in [6.07, 6.45) is 2.59. The number of fused-ring (bicyclic) bond motifs is 1. The third kappa shape index (κ3) is 2.27. The van der Waals surface area contributed by atoms with Crippen molar-refractivity contribution in [1.82, 2.24) is 15.2 Å². The molecule has 1 aromatic rings. The number of nitrogens with zero attached hydrogens (tertiary/aromatic N) is 3. The molecule has 5 nitrogen and oxygen atoms in total. The van der Waals surface area contributed by atoms with E-state index in [-0.39, 0.29) is 18.1 Å². The van der Waals surface area contributed by atoms with Crippen LogP contribution in [0, 0.1) is 0 Å². The van der Waals surface area contributed by atoms with Gasteiger partial charge in [-0.05, 0) is 28.4 Å². The first kappa shape index (κ1) is 13.0. The number of carbonyl (C=O) groups excluding carboxylic acids is 1. The van der Waals surface area contributed by atoms with E-state index >= 15 is 0 Å². The Bertz CT molecular complexity index is 526. The number of anilines is 1. The van der Waals surface area contributed by atoms with Crippen LogP contribution in [0.4, 0.5) is 10.6 Å². The SMILES string of the molecule is CN1C(=O)N[C@@H]2CN(c3ncc(Cl)cc3Br)CC[C@@H]21. The third-order valence-electron chi connectivity index (χ3n) is 3.79. The van der Waals surface area contributed by atoms with E-state index < -0.39 is 0 Å². The first-order valence-electron chi connectivity index (χ1n) is 6.15. The zero-order chi connectivity index (χ0) is 13.6. The Balaban J connectivity index is 1.80. The van der Waals surface area contributed by atoms with Gasteiger partial charge in [0.05, 0.1) is 21.6 Å². The first-order chi connectivity index (χ1) is 9.06. The smallest absolute Gasteiger partial charge is 0.317 e. The Labute approximate surface area is 125 Å². The molecule has 2 fully saturated rings. The fourth-order valence-corrected chi connectivity index (χ4v) is 3.68. The third-order valence-corrected chi connectivity index (χ3v) is 4.58. The minimum Gasteiger partial charge on any atom is -0.353 e. The van der Waals surface area contributed by atoms with Crippen molar-refractivity contribution in [3.63, 3.8) is 0 Å². The topological polar surface area (TPSA) is 48.5 Å². The van der Waals surface area contributed by atoms with Crippen LogP contribution in [0.1, 0.15) is 6.42 Å². The number of urea groups is 1. The second-order valence-electron chi connectivity index (χ2n) is 4.93. The summed E-state index contributed by atoms with van der Waals surface area (Å²) in [5.41, 5.74) is 0. The Morgan fingerprint density at radius 1 is 1.58 bits per heavy atom. The van der Waals surface area contributed by atoms with Crippen molar-refractivity contribution in [1.29, 1.82) is 0 Å². The van der Waals surface area contributed by atoms with Crippen LogP contribution >= 0.6 is 27.5 Å². The minimum absolute atomic E-state index is 0.0139. The molecular weight excluding hydrogens is 332 g/mol. The molecule has 0 bridgehead atoms. The van der Waals surface area contributed by atoms with Gasteiger partial charge in [0.25, 0.3) is 0 Å². The zero-order valence-electron chi connectivity index (χ0n) is 10.4. The maximum Gasteiger partial charge on any atom is 0.317 e. The predicted molar refractivity (Wildman–Crippen MR) is 77.6 cm³/mol. The molecule has 1 N–H and O–H groups in total. The van der Waals surface area contributed by atoms with E-state index in [0.717, 1.165) is 29.8 Å². The highest BCUT2D eigenvalue weighted by Crippen LogP contribution is 2.30. The van der Waals surface area contributed by atoms with Crippen molar-refractivity contribution in [2.24, 2.45) is 0 Å². The van der Waals surface area contributed by atoms with Crippen molar-refractivity contribution in [2.75, 3.05) is 25.0 Å². The number of hydrogen-bond acceptors (Lipinski definition) is 3. The maximum absolute atomic E-state index is 11.6. The van der Waals surface area contributed by atoms with Gasteiger partial charge in [-0.1, -0.05) is 11.6 Å². The fraction of sp³-hybridized carbons (Fsp3) is 0.500. The molecule has 2 aliphatic rings. The highest BCUT2D eigenvalue weighted by Gasteiger charge is 2.41. The number of likely N-dealkylation sites (N-methyl/N-ethyl adjacent to an activating group) is 1. The molecule has 3 heterocycles. The number of carbonyl (C=O) groups is 1. The molecular formula is C12H14BrClN4O. The van der Waals surface area contributed by atoms with Gasteiger partial charge in [0.15, 0.2) is 0 Å². The quantitative estimate of drug-likeness (QED) is 0.848. The Morgan fingerprint density at radius 3 is 3.11 bits per heavy atom. The van der Waals surface area contributed by atoms with Gasteiger partial charge >= 0.3 is 6.03 Å². The maximum atomic E-state index is 11.6. The van der Waals surface area contributed by atoms with E-state index in [0.29, 0.717) is 5.02 Å². The fourth-order valence-electron chi connectivity index (χ4n) is 2.79. The van der Waals surface area contributed by atoms with Gasteiger partial charge in [0.1, 0.15) is 5.82 Å². The first-order valence-corrected chi connectivity index (χ1v) is 7.32. The second kappa shape index (κ2) is 4.83. The number of nitrogens with one attached hydrogen (secondary N) is 1. The predicted octanol–water partition coefficient (Wildman–Crippen LogP) is 2.10. The van der Waals surface area contributed by atoms with E-state index in [9.17, 15) is 4.79 Å². The van der Waals surface area contributed by atoms with Crippen LogP contribution in [0.15, 0.2) is 16.7 Å². The number of rotatable bonds is 1. The van der Waals surface area contributed by atoms with Crippen molar-refractivity contribution in [3.8, 4) is 0 Å². The van der Waals surface area contributed by atoms with Crippen molar-refractivity contribution < 1.29 is 4.79 Å². The van der Waals surface area contributed by atoms with Crippen LogP contribution in [0.5, 0.6) is 0 Å². The number of amides is 2. The Hall–Kier alpha value is -1.01. The molecule has 102 valence electrons. The Kier molecular flexibility index (Phi) is 3.30. The second-order valence-corrected chi connectivity index (χ2v) is 6.22. The number of pyridine rings is 1. The van der Waals surface area contributed by atoms with Gasteiger partial charge in [-0.2, -0.15) is 0 Å². The summed E-state index contributed by atoms with van der Waals surface area (Å²) >= 11 is 9.40. The van der Waals surface area contributed by atoms with Crippen LogP contribution < -0.4 is 10.2 Å². The van der Waals surface area contributed by atoms with E-state index in [1.807, 2.05) is 13.1 Å². The lowest BCUT2D eigenvalue weighted by molar-refractivity contribution is 0.212. The van der Waals surface area contributed by atoms with Gasteiger partial charge in [0, 0.05) is 26.3 Å². The molecule has 1 aromatic heterocycles. The largest absolute Gasteiger partial charge is 0.353 e. The molecule has 2 aliphatic heterocycles. The summed E-state index contributed by atoms with van der Waals surface area (Å²) in [7, 11) is 1.85. The number of halogens is 2. The van der Waals surface area contributed by atoms with Crippen LogP contribution in [-0.2, 0) is 0 Å². The van der Waals surface area contributed by atoms with Gasteiger partial charge in [-0.15, -0.1) is 0 Å². The molecule has 0 spiro atoms. The van der Waals surface area contributed by atoms with Crippen molar-refractivity contribution in [3.05, 3.63) is 21.8 Å². The number of aromatic nitrogens is 1. The normalized spacial score (nSPS) is 26.4. The molecule has 3 rings (SSSR count). The van der Waals surface area contributed by atoms with Crippen LogP contribution in [0.2, 0.25) is 5.02 Å². The number of piperidine rings is 1. The Morgan fingerprint density at radius 2 is 2.37 bits per heavy atom. The van der Waals surface area contributed by atoms with E-state index in [1.54, 1.807) is 11.1 Å². The van der Waals surface area contributed by atoms with Crippen LogP contribution in [0.25, 0.3) is 0 Å². The van der Waals surface area contributed by atoms with Crippen molar-refractivity contribution >= 4 is 39.4 Å². The minimum atomic E-state index is 0.0139. The van der Waals surface area contributed by atoms with E-state index in [2.05, 4.69) is 31.1 Å². The highest BCUT2D eigenvalue weighted by atomic mass is 79.9. The average molecular weight is 346 g/mol. The molecule has 0 unspecified atom stereocenters. The molecule has 2 saturated heterocycles. The van der Waals surface area contributed by atoms with Gasteiger partial charge in [-0.3, -0.25) is 0 Å². The summed E-state index contributed by atoms with van der Waals surface area (Å²) in [6.45, 7) is 1.65. The van der Waals surface area contributed by atoms with Crippen LogP contribution in [-0.4, -0.2) is 48.1 Å². The zero-order valence-corrected chi connectivity index (χ0v) is 12.8. The molecule has 2 atom stereocenters. The summed E-state index contributed by atoms with van der Waals surface area (Å²) in [5, 5.41) is 3.62. The summed E-state index contributed by atoms with van der Waals surface area (Å²) < 4.78 is 0.885. The van der Waals surface area contributed by atoms with E-state index in [1.165, 1.54) is 0 Å². The molecule has 0 radical (unpaired) electrons. The monoisotopic (exact) mass is 344 g/mol. The van der Waals surface area contributed by atoms with Gasteiger partial charge in [-0.25, -0.2) is 9.78 Å². The summed E-state index contributed by atoms with van der Waals surface area (Å²) in [5.74, 6) is 0.881. The van der Waals surface area contributed by atoms with Crippen molar-refractivity contribution in [2.45, 2.75) is 18.5 Å². The standard InChI is InChI=1S/C12H14BrClN4O/c1-17-10-2-3-18(6-9(10)16-12(17)19)11-8(13)4-7(14)5-15-11/h4-5,9-10H,2-3,6H2,1H3,(H,16,19)/t9-,10+/m1/s1. The average Bonchev–Trinajstić information content (AvgIpc) is 2.64. The molecule has 19 heavy (non-hydrogen) atoms. The lowest BCUT2D eigenvalue weighted by Crippen LogP contribution is -2.51. The van der Waals surface area contributed by atoms with Gasteiger partial charge < -0.3 is 15.1 Å². The molecule has 7 heteroatoms. The molecule has 0 saturated carbocycles. The molecule has 0 aromatic carbocycles. The van der Waals surface area contributed by atoms with E-state index in [4.69, 9.17) is 11.6 Å². The summed E-state index contributed by atoms with van der Waals surface area (Å²) in [6, 6.07) is 2.31. The lowest BCUT2D eigenvalue weighted by atomic mass is 10.0.